The van der Waals surface area contributed by atoms with E-state index >= 15 is 8.78 Å². The van der Waals surface area contributed by atoms with Crippen LogP contribution in [0.5, 0.6) is 0 Å². The van der Waals surface area contributed by atoms with Crippen LogP contribution in [0.3, 0.4) is 0 Å². The van der Waals surface area contributed by atoms with Crippen molar-refractivity contribution < 1.29 is 18.3 Å². The van der Waals surface area contributed by atoms with Crippen molar-refractivity contribution in [3.05, 3.63) is 71.7 Å². The molecular formula is C32H34F2N8O2. The molecule has 1 aliphatic heterocycles. The van der Waals surface area contributed by atoms with Gasteiger partial charge in [0.2, 0.25) is 11.9 Å². The molecule has 4 unspecified atom stereocenters. The molecule has 1 amide bonds. The predicted molar refractivity (Wildman–Crippen MR) is 160 cm³/mol. The molecule has 2 fully saturated rings. The van der Waals surface area contributed by atoms with Crippen LogP contribution in [-0.2, 0) is 14.9 Å². The fourth-order valence-corrected chi connectivity index (χ4v) is 6.69. The van der Waals surface area contributed by atoms with E-state index in [0.29, 0.717) is 49.5 Å². The topological polar surface area (TPSA) is 143 Å². The van der Waals surface area contributed by atoms with Gasteiger partial charge in [-0.2, -0.15) is 14.9 Å². The molecule has 2 aliphatic rings. The molecule has 4 N–H and O–H groups in total. The Morgan fingerprint density at radius 3 is 2.59 bits per heavy atom. The number of nitrogens with zero attached hydrogens (tertiary/aromatic N) is 5. The monoisotopic (exact) mass is 600 g/mol. The van der Waals surface area contributed by atoms with E-state index in [-0.39, 0.29) is 41.1 Å². The van der Waals surface area contributed by atoms with E-state index in [1.165, 1.54) is 23.6 Å². The number of fused-ring (bicyclic) bond motifs is 1. The van der Waals surface area contributed by atoms with Crippen molar-refractivity contribution in [3.8, 4) is 17.3 Å². The van der Waals surface area contributed by atoms with E-state index in [1.54, 1.807) is 30.7 Å². The van der Waals surface area contributed by atoms with E-state index in [4.69, 9.17) is 10.5 Å². The molecule has 12 heteroatoms. The molecule has 44 heavy (non-hydrogen) atoms. The minimum atomic E-state index is -0.996. The molecular weight excluding hydrogens is 566 g/mol. The Bertz CT molecular complexity index is 1710. The minimum Gasteiger partial charge on any atom is -0.381 e. The van der Waals surface area contributed by atoms with Crippen molar-refractivity contribution >= 4 is 23.1 Å². The second kappa shape index (κ2) is 11.9. The van der Waals surface area contributed by atoms with Gasteiger partial charge in [-0.05, 0) is 79.0 Å². The largest absolute Gasteiger partial charge is 0.381 e. The third kappa shape index (κ3) is 5.49. The summed E-state index contributed by atoms with van der Waals surface area (Å²) in [4.78, 5) is 20.5. The smallest absolute Gasteiger partial charge is 0.229 e. The van der Waals surface area contributed by atoms with Gasteiger partial charge in [0.05, 0.1) is 46.3 Å². The Labute approximate surface area is 253 Å². The van der Waals surface area contributed by atoms with Gasteiger partial charge in [-0.15, -0.1) is 0 Å². The molecule has 0 bridgehead atoms. The molecule has 0 spiro atoms. The normalized spacial score (nSPS) is 23.2. The van der Waals surface area contributed by atoms with Crippen molar-refractivity contribution in [2.24, 2.45) is 11.7 Å². The lowest BCUT2D eigenvalue weighted by Crippen LogP contribution is -2.54. The van der Waals surface area contributed by atoms with Gasteiger partial charge in [-0.3, -0.25) is 9.78 Å². The van der Waals surface area contributed by atoms with Crippen molar-refractivity contribution in [1.82, 2.24) is 24.9 Å². The predicted octanol–water partition coefficient (Wildman–Crippen LogP) is 4.73. The number of aromatic nitrogens is 4. The summed E-state index contributed by atoms with van der Waals surface area (Å²) in [5, 5.41) is 20.7. The Balaban J connectivity index is 1.30. The Morgan fingerprint density at radius 1 is 1.16 bits per heavy atom. The number of carbonyl (C=O) groups excluding carboxylic acids is 1. The van der Waals surface area contributed by atoms with Crippen LogP contribution in [-0.4, -0.2) is 50.8 Å². The summed E-state index contributed by atoms with van der Waals surface area (Å²) >= 11 is 0. The fraction of sp³-hybridized carbons (Fsp3) is 0.406. The SMILES string of the molecule is CC(=O)NC1C(C)CC(c2ccncc2Nc2ncc3ccc(-c4c(F)cc(C5(C#N)CCOCC5)cc4F)nn23)CC1N. The molecule has 0 radical (unpaired) electrons. The lowest BCUT2D eigenvalue weighted by atomic mass is 9.73. The van der Waals surface area contributed by atoms with Crippen LogP contribution in [0.4, 0.5) is 20.4 Å². The molecule has 3 aromatic heterocycles. The number of benzene rings is 1. The molecule has 4 heterocycles. The zero-order chi connectivity index (χ0) is 31.0. The summed E-state index contributed by atoms with van der Waals surface area (Å²) in [5.74, 6) is -1.06. The van der Waals surface area contributed by atoms with Crippen LogP contribution >= 0.6 is 0 Å². The first kappa shape index (κ1) is 29.6. The highest BCUT2D eigenvalue weighted by Crippen LogP contribution is 2.40. The highest BCUT2D eigenvalue weighted by atomic mass is 19.1. The number of hydrogen-bond acceptors (Lipinski definition) is 8. The number of amides is 1. The highest BCUT2D eigenvalue weighted by molar-refractivity contribution is 5.73. The molecule has 4 atom stereocenters. The lowest BCUT2D eigenvalue weighted by Gasteiger charge is -2.39. The number of carbonyl (C=O) groups is 1. The first-order valence-electron chi connectivity index (χ1n) is 14.8. The summed E-state index contributed by atoms with van der Waals surface area (Å²) in [6, 6.07) is 9.60. The van der Waals surface area contributed by atoms with Gasteiger partial charge < -0.3 is 21.1 Å². The van der Waals surface area contributed by atoms with Crippen molar-refractivity contribution in [1.29, 1.82) is 5.26 Å². The van der Waals surface area contributed by atoms with Gasteiger partial charge in [-0.25, -0.2) is 13.8 Å². The number of hydrogen-bond donors (Lipinski definition) is 3. The first-order valence-corrected chi connectivity index (χ1v) is 14.8. The van der Waals surface area contributed by atoms with Gasteiger partial charge in [-0.1, -0.05) is 6.92 Å². The minimum absolute atomic E-state index is 0.0839. The molecule has 10 nitrogen and oxygen atoms in total. The summed E-state index contributed by atoms with van der Waals surface area (Å²) < 4.78 is 38.0. The number of imidazole rings is 1. The Morgan fingerprint density at radius 2 is 1.91 bits per heavy atom. The van der Waals surface area contributed by atoms with Crippen LogP contribution in [0.15, 0.2) is 48.9 Å². The van der Waals surface area contributed by atoms with E-state index in [2.05, 4.69) is 38.7 Å². The van der Waals surface area contributed by atoms with Gasteiger partial charge in [0, 0.05) is 38.4 Å². The molecule has 1 aromatic carbocycles. The average molecular weight is 601 g/mol. The summed E-state index contributed by atoms with van der Waals surface area (Å²) in [7, 11) is 0. The summed E-state index contributed by atoms with van der Waals surface area (Å²) in [5.41, 5.74) is 7.96. The molecule has 1 saturated carbocycles. The second-order valence-corrected chi connectivity index (χ2v) is 11.9. The zero-order valence-corrected chi connectivity index (χ0v) is 24.6. The van der Waals surface area contributed by atoms with Crippen LogP contribution in [0.25, 0.3) is 16.8 Å². The van der Waals surface area contributed by atoms with Crippen LogP contribution in [0, 0.1) is 28.9 Å². The number of halogens is 2. The van der Waals surface area contributed by atoms with Crippen LogP contribution in [0.2, 0.25) is 0 Å². The Hall–Kier alpha value is -4.47. The third-order valence-corrected chi connectivity index (χ3v) is 8.99. The number of ether oxygens (including phenoxy) is 1. The zero-order valence-electron chi connectivity index (χ0n) is 24.6. The first-order chi connectivity index (χ1) is 21.2. The fourth-order valence-electron chi connectivity index (χ4n) is 6.69. The molecule has 6 rings (SSSR count). The van der Waals surface area contributed by atoms with Gasteiger partial charge >= 0.3 is 0 Å². The number of nitrogens with two attached hydrogens (primary N) is 1. The standard InChI is InChI=1S/C32H34F2N8O2/c1-18-11-20(12-26(36)30(18)39-19(2)43)23-5-8-37-16-28(23)40-31-38-15-22-3-4-27(41-42(22)31)29-24(33)13-21(14-25(29)34)32(17-35)6-9-44-10-7-32/h3-5,8,13-16,18,20,26,30H,6-7,9-12,36H2,1-2H3,(H,38,40)(H,39,43). The molecule has 4 aromatic rings. The summed E-state index contributed by atoms with van der Waals surface area (Å²) in [6.45, 7) is 4.30. The molecule has 1 saturated heterocycles. The highest BCUT2D eigenvalue weighted by Gasteiger charge is 2.37. The van der Waals surface area contributed by atoms with Crippen LogP contribution < -0.4 is 16.4 Å². The second-order valence-electron chi connectivity index (χ2n) is 11.9. The maximum atomic E-state index is 15.5. The van der Waals surface area contributed by atoms with Crippen molar-refractivity contribution in [3.63, 3.8) is 0 Å². The van der Waals surface area contributed by atoms with E-state index in [0.717, 1.165) is 17.7 Å². The number of nitriles is 1. The van der Waals surface area contributed by atoms with Gasteiger partial charge in [0.15, 0.2) is 0 Å². The average Bonchev–Trinajstić information content (AvgIpc) is 3.41. The quantitative estimate of drug-likeness (QED) is 0.288. The van der Waals surface area contributed by atoms with E-state index in [9.17, 15) is 10.1 Å². The maximum Gasteiger partial charge on any atom is 0.229 e. The van der Waals surface area contributed by atoms with Crippen LogP contribution in [0.1, 0.15) is 56.6 Å². The molecule has 228 valence electrons. The Kier molecular flexibility index (Phi) is 8.00. The number of anilines is 2. The van der Waals surface area contributed by atoms with Crippen molar-refractivity contribution in [2.75, 3.05) is 18.5 Å². The van der Waals surface area contributed by atoms with Gasteiger partial charge in [0.1, 0.15) is 11.6 Å². The molecule has 1 aliphatic carbocycles. The number of nitrogens with one attached hydrogen (secondary N) is 2. The van der Waals surface area contributed by atoms with E-state index in [1.807, 2.05) is 6.07 Å². The maximum absolute atomic E-state index is 15.5. The number of rotatable bonds is 6. The third-order valence-electron chi connectivity index (χ3n) is 8.99. The summed E-state index contributed by atoms with van der Waals surface area (Å²) in [6.07, 6.45) is 7.27. The lowest BCUT2D eigenvalue weighted by molar-refractivity contribution is -0.120. The van der Waals surface area contributed by atoms with Crippen molar-refractivity contribution in [2.45, 2.75) is 62.9 Å². The van der Waals surface area contributed by atoms with E-state index < -0.39 is 17.0 Å². The van der Waals surface area contributed by atoms with Gasteiger partial charge in [0.25, 0.3) is 0 Å². The number of pyridine rings is 1.